The zero-order valence-corrected chi connectivity index (χ0v) is 16.9. The molecule has 2 heterocycles. The summed E-state index contributed by atoms with van der Waals surface area (Å²) in [6.45, 7) is 0.998. The maximum absolute atomic E-state index is 13.4. The number of halogens is 1. The summed E-state index contributed by atoms with van der Waals surface area (Å²) in [6, 6.07) is 16.2. The lowest BCUT2D eigenvalue weighted by Gasteiger charge is -2.36. The number of primary amides is 1. The number of hydrogen-bond acceptors (Lipinski definition) is 4. The van der Waals surface area contributed by atoms with Crippen LogP contribution in [-0.4, -0.2) is 34.8 Å². The topological polar surface area (TPSA) is 99.2 Å². The molecule has 0 saturated carbocycles. The van der Waals surface area contributed by atoms with Crippen molar-refractivity contribution in [2.24, 2.45) is 5.73 Å². The zero-order valence-electron chi connectivity index (χ0n) is 16.2. The fourth-order valence-corrected chi connectivity index (χ4v) is 4.05. The van der Waals surface area contributed by atoms with Crippen LogP contribution in [0.4, 0.5) is 5.69 Å². The van der Waals surface area contributed by atoms with Gasteiger partial charge in [-0.15, -0.1) is 0 Å². The summed E-state index contributed by atoms with van der Waals surface area (Å²) in [4.78, 5) is 24.6. The Morgan fingerprint density at radius 3 is 2.40 bits per heavy atom. The van der Waals surface area contributed by atoms with E-state index < -0.39 is 11.3 Å². The quantitative estimate of drug-likeness (QED) is 0.656. The zero-order chi connectivity index (χ0) is 21.1. The standard InChI is InChI=1S/C22H21ClN4O3/c23-18-4-2-1-3-17(18)22(10-13-30-14-11-22)21(29)25-15-5-7-16(8-6-15)27-12-9-19(26-27)20(24)28/h1-9,12H,10-11,13-14H2,(H2,24,28)(H,25,29). The smallest absolute Gasteiger partial charge is 0.269 e. The van der Waals surface area contributed by atoms with E-state index in [2.05, 4.69) is 10.4 Å². The highest BCUT2D eigenvalue weighted by Crippen LogP contribution is 2.39. The van der Waals surface area contributed by atoms with Gasteiger partial charge in [-0.1, -0.05) is 29.8 Å². The molecular weight excluding hydrogens is 404 g/mol. The second-order valence-corrected chi connectivity index (χ2v) is 7.59. The van der Waals surface area contributed by atoms with Gasteiger partial charge in [0.15, 0.2) is 0 Å². The van der Waals surface area contributed by atoms with Crippen LogP contribution in [0.15, 0.2) is 60.8 Å². The summed E-state index contributed by atoms with van der Waals surface area (Å²) in [5, 5.41) is 7.73. The molecule has 154 valence electrons. The third-order valence-corrected chi connectivity index (χ3v) is 5.73. The molecule has 0 aliphatic carbocycles. The number of hydrogen-bond donors (Lipinski definition) is 2. The molecule has 1 aliphatic heterocycles. The number of carbonyl (C=O) groups is 2. The molecular formula is C22H21ClN4O3. The Kier molecular flexibility index (Phi) is 5.57. The van der Waals surface area contributed by atoms with Crippen molar-refractivity contribution in [3.63, 3.8) is 0 Å². The van der Waals surface area contributed by atoms with Gasteiger partial charge in [0.25, 0.3) is 5.91 Å². The largest absolute Gasteiger partial charge is 0.381 e. The molecule has 0 unspecified atom stereocenters. The number of amides is 2. The molecule has 1 fully saturated rings. The number of nitrogens with one attached hydrogen (secondary N) is 1. The lowest BCUT2D eigenvalue weighted by atomic mass is 9.73. The highest BCUT2D eigenvalue weighted by Gasteiger charge is 2.43. The molecule has 7 nitrogen and oxygen atoms in total. The van der Waals surface area contributed by atoms with Crippen LogP contribution in [-0.2, 0) is 14.9 Å². The molecule has 0 spiro atoms. The van der Waals surface area contributed by atoms with Crippen molar-refractivity contribution >= 4 is 29.1 Å². The first kappa shape index (κ1) is 20.1. The van der Waals surface area contributed by atoms with Gasteiger partial charge in [-0.2, -0.15) is 5.10 Å². The third kappa shape index (κ3) is 3.81. The van der Waals surface area contributed by atoms with E-state index in [-0.39, 0.29) is 11.6 Å². The van der Waals surface area contributed by atoms with Crippen LogP contribution in [0, 0.1) is 0 Å². The summed E-state index contributed by atoms with van der Waals surface area (Å²) in [5.74, 6) is -0.694. The third-order valence-electron chi connectivity index (χ3n) is 5.40. The maximum atomic E-state index is 13.4. The van der Waals surface area contributed by atoms with Gasteiger partial charge in [0, 0.05) is 30.1 Å². The van der Waals surface area contributed by atoms with Crippen LogP contribution in [0.1, 0.15) is 28.9 Å². The van der Waals surface area contributed by atoms with Crippen LogP contribution in [0.3, 0.4) is 0 Å². The Morgan fingerprint density at radius 1 is 1.07 bits per heavy atom. The Morgan fingerprint density at radius 2 is 1.77 bits per heavy atom. The molecule has 3 aromatic rings. The normalized spacial score (nSPS) is 15.5. The average molecular weight is 425 g/mol. The highest BCUT2D eigenvalue weighted by molar-refractivity contribution is 6.31. The van der Waals surface area contributed by atoms with Gasteiger partial charge in [-0.25, -0.2) is 4.68 Å². The van der Waals surface area contributed by atoms with Crippen LogP contribution < -0.4 is 11.1 Å². The fraction of sp³-hybridized carbons (Fsp3) is 0.227. The number of anilines is 1. The van der Waals surface area contributed by atoms with Crippen LogP contribution in [0.25, 0.3) is 5.69 Å². The van der Waals surface area contributed by atoms with Crippen molar-refractivity contribution in [3.05, 3.63) is 77.1 Å². The number of carbonyl (C=O) groups excluding carboxylic acids is 2. The molecule has 1 aliphatic rings. The number of nitrogens with zero attached hydrogens (tertiary/aromatic N) is 2. The first-order valence-electron chi connectivity index (χ1n) is 9.60. The van der Waals surface area contributed by atoms with Crippen LogP contribution >= 0.6 is 11.6 Å². The van der Waals surface area contributed by atoms with E-state index in [9.17, 15) is 9.59 Å². The first-order valence-corrected chi connectivity index (χ1v) is 9.97. The monoisotopic (exact) mass is 424 g/mol. The molecule has 0 radical (unpaired) electrons. The number of nitrogens with two attached hydrogens (primary N) is 1. The first-order chi connectivity index (χ1) is 14.5. The molecule has 1 saturated heterocycles. The average Bonchev–Trinajstić information content (AvgIpc) is 3.26. The summed E-state index contributed by atoms with van der Waals surface area (Å²) in [7, 11) is 0. The predicted octanol–water partition coefficient (Wildman–Crippen LogP) is 3.31. The van der Waals surface area contributed by atoms with Crippen molar-refractivity contribution in [1.82, 2.24) is 9.78 Å². The van der Waals surface area contributed by atoms with E-state index in [4.69, 9.17) is 22.1 Å². The van der Waals surface area contributed by atoms with E-state index >= 15 is 0 Å². The van der Waals surface area contributed by atoms with Gasteiger partial charge < -0.3 is 15.8 Å². The van der Waals surface area contributed by atoms with Crippen molar-refractivity contribution in [2.75, 3.05) is 18.5 Å². The number of benzene rings is 2. The predicted molar refractivity (Wildman–Crippen MR) is 114 cm³/mol. The molecule has 8 heteroatoms. The molecule has 30 heavy (non-hydrogen) atoms. The summed E-state index contributed by atoms with van der Waals surface area (Å²) in [5.41, 5.74) is 6.91. The van der Waals surface area contributed by atoms with Gasteiger partial charge in [-0.05, 0) is 54.8 Å². The van der Waals surface area contributed by atoms with Gasteiger partial charge in [0.1, 0.15) is 5.69 Å². The Labute approximate surface area is 178 Å². The molecule has 1 aromatic heterocycles. The van der Waals surface area contributed by atoms with Crippen LogP contribution in [0.2, 0.25) is 5.02 Å². The maximum Gasteiger partial charge on any atom is 0.269 e. The number of rotatable bonds is 5. The second-order valence-electron chi connectivity index (χ2n) is 7.19. The second kappa shape index (κ2) is 8.30. The summed E-state index contributed by atoms with van der Waals surface area (Å²) in [6.07, 6.45) is 2.77. The summed E-state index contributed by atoms with van der Waals surface area (Å²) >= 11 is 6.44. The minimum atomic E-state index is -0.742. The highest BCUT2D eigenvalue weighted by atomic mass is 35.5. The molecule has 2 amide bonds. The molecule has 3 N–H and O–H groups in total. The minimum absolute atomic E-state index is 0.109. The van der Waals surface area contributed by atoms with E-state index in [1.54, 1.807) is 47.3 Å². The van der Waals surface area contributed by atoms with Crippen molar-refractivity contribution in [2.45, 2.75) is 18.3 Å². The fourth-order valence-electron chi connectivity index (χ4n) is 3.74. The Bertz CT molecular complexity index is 1070. The summed E-state index contributed by atoms with van der Waals surface area (Å²) < 4.78 is 7.06. The molecule has 0 bridgehead atoms. The molecule has 2 aromatic carbocycles. The van der Waals surface area contributed by atoms with E-state index in [0.717, 1.165) is 11.3 Å². The van der Waals surface area contributed by atoms with E-state index in [1.807, 2.05) is 18.2 Å². The van der Waals surface area contributed by atoms with Crippen molar-refractivity contribution in [1.29, 1.82) is 0 Å². The van der Waals surface area contributed by atoms with E-state index in [1.165, 1.54) is 0 Å². The van der Waals surface area contributed by atoms with Gasteiger partial charge in [-0.3, -0.25) is 9.59 Å². The Hall–Kier alpha value is -3.16. The minimum Gasteiger partial charge on any atom is -0.381 e. The lowest BCUT2D eigenvalue weighted by Crippen LogP contribution is -2.45. The Balaban J connectivity index is 1.57. The van der Waals surface area contributed by atoms with Gasteiger partial charge in [0.05, 0.1) is 11.1 Å². The number of ether oxygens (including phenoxy) is 1. The van der Waals surface area contributed by atoms with Crippen LogP contribution in [0.5, 0.6) is 0 Å². The molecule has 0 atom stereocenters. The van der Waals surface area contributed by atoms with Gasteiger partial charge in [0.2, 0.25) is 5.91 Å². The van der Waals surface area contributed by atoms with Crippen molar-refractivity contribution < 1.29 is 14.3 Å². The van der Waals surface area contributed by atoms with Gasteiger partial charge >= 0.3 is 0 Å². The lowest BCUT2D eigenvalue weighted by molar-refractivity contribution is -0.125. The molecule has 4 rings (SSSR count). The SMILES string of the molecule is NC(=O)c1ccn(-c2ccc(NC(=O)C3(c4ccccc4Cl)CCOCC3)cc2)n1. The number of aromatic nitrogens is 2. The van der Waals surface area contributed by atoms with Crippen molar-refractivity contribution in [3.8, 4) is 5.69 Å². The van der Waals surface area contributed by atoms with E-state index in [0.29, 0.717) is 36.8 Å².